The van der Waals surface area contributed by atoms with Gasteiger partial charge in [-0.1, -0.05) is 219 Å². The first-order valence-electron chi connectivity index (χ1n) is 20.9. The van der Waals surface area contributed by atoms with Crippen molar-refractivity contribution in [2.24, 2.45) is 0 Å². The fourth-order valence-electron chi connectivity index (χ4n) is 9.06. The molecule has 10 aromatic carbocycles. The zero-order valence-corrected chi connectivity index (χ0v) is 33.7. The molecule has 0 aliphatic rings. The molecular weight excluding hydrogens is 723 g/mol. The van der Waals surface area contributed by atoms with Crippen LogP contribution in [0.4, 0.5) is 17.1 Å². The third-order valence-electron chi connectivity index (χ3n) is 12.2. The molecule has 2 unspecified atom stereocenters. The van der Waals surface area contributed by atoms with Gasteiger partial charge in [0.15, 0.2) is 0 Å². The van der Waals surface area contributed by atoms with Crippen LogP contribution in [0.3, 0.4) is 0 Å². The summed E-state index contributed by atoms with van der Waals surface area (Å²) < 4.78 is 0. The number of anilines is 3. The van der Waals surface area contributed by atoms with Crippen molar-refractivity contribution < 1.29 is 0 Å². The van der Waals surface area contributed by atoms with Gasteiger partial charge in [-0.15, -0.1) is 0 Å². The molecule has 10 rings (SSSR count). The molecular formula is C59H45N. The van der Waals surface area contributed by atoms with Crippen LogP contribution in [0.2, 0.25) is 0 Å². The van der Waals surface area contributed by atoms with E-state index in [2.05, 4.69) is 254 Å². The van der Waals surface area contributed by atoms with Crippen molar-refractivity contribution in [3.8, 4) is 33.4 Å². The average molecular weight is 768 g/mol. The van der Waals surface area contributed by atoms with Gasteiger partial charge in [0, 0.05) is 22.7 Å². The van der Waals surface area contributed by atoms with E-state index in [1.165, 1.54) is 71.6 Å². The lowest BCUT2D eigenvalue weighted by atomic mass is 9.76. The van der Waals surface area contributed by atoms with Crippen molar-refractivity contribution in [1.82, 2.24) is 0 Å². The largest absolute Gasteiger partial charge is 0.310 e. The number of hydrogen-bond acceptors (Lipinski definition) is 1. The molecule has 0 saturated heterocycles. The number of benzene rings is 10. The zero-order valence-electron chi connectivity index (χ0n) is 33.7. The highest BCUT2D eigenvalue weighted by Crippen LogP contribution is 2.43. The minimum absolute atomic E-state index is 0.166. The quantitative estimate of drug-likeness (QED) is 0.134. The molecule has 1 heteroatoms. The molecule has 0 heterocycles. The second kappa shape index (κ2) is 16.4. The summed E-state index contributed by atoms with van der Waals surface area (Å²) >= 11 is 0. The first-order valence-corrected chi connectivity index (χ1v) is 20.9. The monoisotopic (exact) mass is 767 g/mol. The Labute approximate surface area is 353 Å². The van der Waals surface area contributed by atoms with Crippen molar-refractivity contribution in [1.29, 1.82) is 0 Å². The molecule has 2 atom stereocenters. The molecule has 0 aliphatic heterocycles. The smallest absolute Gasteiger partial charge is 0.0540 e. The molecule has 0 amide bonds. The van der Waals surface area contributed by atoms with Crippen LogP contribution in [-0.2, 0) is 0 Å². The first-order chi connectivity index (χ1) is 29.7. The van der Waals surface area contributed by atoms with E-state index in [0.29, 0.717) is 0 Å². The molecule has 0 N–H and O–H groups in total. The highest BCUT2D eigenvalue weighted by atomic mass is 15.1. The topological polar surface area (TPSA) is 3.24 Å². The van der Waals surface area contributed by atoms with Crippen molar-refractivity contribution in [2.45, 2.75) is 18.8 Å². The van der Waals surface area contributed by atoms with E-state index in [1.54, 1.807) is 0 Å². The fourth-order valence-corrected chi connectivity index (χ4v) is 9.06. The second-order valence-corrected chi connectivity index (χ2v) is 15.7. The molecule has 10 aromatic rings. The van der Waals surface area contributed by atoms with Crippen molar-refractivity contribution in [2.75, 3.05) is 4.90 Å². The normalized spacial score (nSPS) is 12.3. The molecule has 60 heavy (non-hydrogen) atoms. The van der Waals surface area contributed by atoms with Crippen molar-refractivity contribution in [3.05, 3.63) is 259 Å². The molecule has 0 fully saturated rings. The summed E-state index contributed by atoms with van der Waals surface area (Å²) in [6.07, 6.45) is 0. The predicted octanol–water partition coefficient (Wildman–Crippen LogP) is 16.4. The summed E-state index contributed by atoms with van der Waals surface area (Å²) in [5, 5.41) is 5.04. The summed E-state index contributed by atoms with van der Waals surface area (Å²) in [7, 11) is 0. The van der Waals surface area contributed by atoms with E-state index < -0.39 is 0 Å². The lowest BCUT2D eigenvalue weighted by Crippen LogP contribution is -2.11. The minimum Gasteiger partial charge on any atom is -0.310 e. The van der Waals surface area contributed by atoms with Gasteiger partial charge in [-0.2, -0.15) is 0 Å². The van der Waals surface area contributed by atoms with Crippen LogP contribution in [0.15, 0.2) is 243 Å². The van der Waals surface area contributed by atoms with Crippen LogP contribution < -0.4 is 4.90 Å². The Morgan fingerprint density at radius 3 is 1.17 bits per heavy atom. The van der Waals surface area contributed by atoms with Crippen LogP contribution in [0.5, 0.6) is 0 Å². The number of fused-ring (bicyclic) bond motifs is 2. The maximum Gasteiger partial charge on any atom is 0.0540 e. The molecule has 1 nitrogen and oxygen atoms in total. The van der Waals surface area contributed by atoms with Crippen LogP contribution in [0.25, 0.3) is 54.9 Å². The Hall–Kier alpha value is -7.48. The van der Waals surface area contributed by atoms with Gasteiger partial charge in [0.05, 0.1) is 5.69 Å². The fraction of sp³-hybridized carbons (Fsp3) is 0.0508. The predicted molar refractivity (Wildman–Crippen MR) is 256 cm³/mol. The molecule has 0 bridgehead atoms. The molecule has 0 saturated carbocycles. The van der Waals surface area contributed by atoms with Crippen LogP contribution >= 0.6 is 0 Å². The number of nitrogens with zero attached hydrogens (tertiary/aromatic N) is 1. The lowest BCUT2D eigenvalue weighted by molar-refractivity contribution is 0.662. The van der Waals surface area contributed by atoms with Gasteiger partial charge in [0.25, 0.3) is 0 Å². The molecule has 0 spiro atoms. The third-order valence-corrected chi connectivity index (χ3v) is 12.2. The van der Waals surface area contributed by atoms with Crippen molar-refractivity contribution >= 4 is 38.6 Å². The summed E-state index contributed by atoms with van der Waals surface area (Å²) in [5.74, 6) is 0.408. The van der Waals surface area contributed by atoms with E-state index in [-0.39, 0.29) is 11.8 Å². The van der Waals surface area contributed by atoms with Crippen LogP contribution in [0.1, 0.15) is 35.4 Å². The van der Waals surface area contributed by atoms with Gasteiger partial charge in [-0.05, 0) is 102 Å². The standard InChI is InChI=1S/C59H45N/c1-42(55-24-12-20-49-18-8-10-22-56(49)55)59(51-30-26-45(27-31-51)43-14-4-2-5-15-43)52-32-28-46(29-33-52)48-36-40-54(41-37-48)60(58-25-13-21-50-19-9-11-23-57(50)58)53-38-34-47(35-39-53)44-16-6-3-7-17-44/h2-42,59H,1H3. The Morgan fingerprint density at radius 2 is 0.667 bits per heavy atom. The number of hydrogen-bond donors (Lipinski definition) is 0. The van der Waals surface area contributed by atoms with Gasteiger partial charge >= 0.3 is 0 Å². The SMILES string of the molecule is CC(c1cccc2ccccc12)C(c1ccc(-c2ccccc2)cc1)c1ccc(-c2ccc(N(c3ccc(-c4ccccc4)cc3)c3cccc4ccccc34)cc2)cc1. The van der Waals surface area contributed by atoms with Gasteiger partial charge in [0.1, 0.15) is 0 Å². The molecule has 0 radical (unpaired) electrons. The Kier molecular flexibility index (Phi) is 10.1. The maximum absolute atomic E-state index is 2.39. The lowest BCUT2D eigenvalue weighted by Gasteiger charge is -2.28. The third kappa shape index (κ3) is 7.27. The second-order valence-electron chi connectivity index (χ2n) is 15.7. The summed E-state index contributed by atoms with van der Waals surface area (Å²) in [5.41, 5.74) is 14.7. The Balaban J connectivity index is 0.995. The highest BCUT2D eigenvalue weighted by molar-refractivity contribution is 5.99. The van der Waals surface area contributed by atoms with Gasteiger partial charge in [-0.25, -0.2) is 0 Å². The van der Waals surface area contributed by atoms with Crippen molar-refractivity contribution in [3.63, 3.8) is 0 Å². The molecule has 0 aromatic heterocycles. The Morgan fingerprint density at radius 1 is 0.300 bits per heavy atom. The summed E-state index contributed by atoms with van der Waals surface area (Å²) in [6.45, 7) is 2.39. The van der Waals surface area contributed by atoms with Gasteiger partial charge < -0.3 is 4.90 Å². The highest BCUT2D eigenvalue weighted by Gasteiger charge is 2.25. The van der Waals surface area contributed by atoms with Gasteiger partial charge in [0.2, 0.25) is 0 Å². The summed E-state index contributed by atoms with van der Waals surface area (Å²) in [4.78, 5) is 2.38. The molecule has 0 aliphatic carbocycles. The first kappa shape index (κ1) is 36.8. The van der Waals surface area contributed by atoms with E-state index in [9.17, 15) is 0 Å². The van der Waals surface area contributed by atoms with Crippen LogP contribution in [0, 0.1) is 0 Å². The zero-order chi connectivity index (χ0) is 40.3. The van der Waals surface area contributed by atoms with Gasteiger partial charge in [-0.3, -0.25) is 0 Å². The number of rotatable bonds is 10. The van der Waals surface area contributed by atoms with E-state index in [0.717, 1.165) is 17.1 Å². The van der Waals surface area contributed by atoms with E-state index in [4.69, 9.17) is 0 Å². The maximum atomic E-state index is 2.39. The minimum atomic E-state index is 0.166. The van der Waals surface area contributed by atoms with E-state index >= 15 is 0 Å². The van der Waals surface area contributed by atoms with E-state index in [1.807, 2.05) is 0 Å². The van der Waals surface area contributed by atoms with Crippen LogP contribution in [-0.4, -0.2) is 0 Å². The Bertz CT molecular complexity index is 2990. The molecule has 286 valence electrons. The average Bonchev–Trinajstić information content (AvgIpc) is 3.33. The summed E-state index contributed by atoms with van der Waals surface area (Å²) in [6, 6.07) is 88.5.